The first kappa shape index (κ1) is 33.4. The van der Waals surface area contributed by atoms with Crippen LogP contribution in [0.15, 0.2) is 212 Å². The number of hydrogen-bond acceptors (Lipinski definition) is 4. The number of rotatable bonds is 6. The maximum Gasteiger partial charge on any atom is 0.164 e. The highest BCUT2D eigenvalue weighted by Gasteiger charge is 2.32. The van der Waals surface area contributed by atoms with Gasteiger partial charge in [0.1, 0.15) is 0 Å². The molecule has 0 unspecified atom stereocenters. The zero-order valence-corrected chi connectivity index (χ0v) is 31.4. The molecule has 272 valence electrons. The molecule has 0 saturated heterocycles. The van der Waals surface area contributed by atoms with Gasteiger partial charge < -0.3 is 9.47 Å². The highest BCUT2D eigenvalue weighted by molar-refractivity contribution is 6.15. The summed E-state index contributed by atoms with van der Waals surface area (Å²) in [5, 5.41) is 1.20. The Morgan fingerprint density at radius 1 is 0.328 bits per heavy atom. The third-order valence-electron chi connectivity index (χ3n) is 11.0. The number of benzene rings is 8. The number of aromatic nitrogens is 4. The molecule has 3 heterocycles. The molecule has 0 fully saturated rings. The highest BCUT2D eigenvalue weighted by atomic mass is 15.2. The average Bonchev–Trinajstić information content (AvgIpc) is 3.59. The molecule has 11 rings (SSSR count). The molecule has 0 atom stereocenters. The Bertz CT molecular complexity index is 3050. The van der Waals surface area contributed by atoms with Gasteiger partial charge in [0.15, 0.2) is 17.5 Å². The van der Waals surface area contributed by atoms with Crippen LogP contribution >= 0.6 is 0 Å². The number of anilines is 3. The number of fused-ring (bicyclic) bond motifs is 7. The van der Waals surface area contributed by atoms with Crippen molar-refractivity contribution in [2.45, 2.75) is 0 Å². The van der Waals surface area contributed by atoms with Crippen molar-refractivity contribution in [1.29, 1.82) is 0 Å². The first-order valence-corrected chi connectivity index (χ1v) is 19.5. The normalized spacial score (nSPS) is 11.8. The third kappa shape index (κ3) is 5.60. The number of para-hydroxylation sites is 4. The molecule has 1 aliphatic rings. The Hall–Kier alpha value is -7.89. The molecular formula is C53H35N5. The minimum absolute atomic E-state index is 0.615. The summed E-state index contributed by atoms with van der Waals surface area (Å²) >= 11 is 0. The van der Waals surface area contributed by atoms with Crippen molar-refractivity contribution in [3.05, 3.63) is 212 Å². The molecule has 5 heteroatoms. The van der Waals surface area contributed by atoms with E-state index in [1.54, 1.807) is 0 Å². The molecule has 5 nitrogen and oxygen atoms in total. The fourth-order valence-corrected chi connectivity index (χ4v) is 8.43. The molecule has 0 spiro atoms. The minimum atomic E-state index is 0.615. The zero-order chi connectivity index (χ0) is 38.4. The summed E-state index contributed by atoms with van der Waals surface area (Å²) in [5.41, 5.74) is 15.3. The Morgan fingerprint density at radius 3 is 1.41 bits per heavy atom. The second-order valence-corrected chi connectivity index (χ2v) is 14.4. The molecular weight excluding hydrogens is 707 g/mol. The molecule has 8 aromatic carbocycles. The molecule has 1 aliphatic heterocycles. The van der Waals surface area contributed by atoms with Gasteiger partial charge in [-0.25, -0.2) is 15.0 Å². The predicted octanol–water partition coefficient (Wildman–Crippen LogP) is 13.6. The van der Waals surface area contributed by atoms with E-state index in [4.69, 9.17) is 15.0 Å². The van der Waals surface area contributed by atoms with E-state index in [1.165, 1.54) is 27.6 Å². The fourth-order valence-electron chi connectivity index (χ4n) is 8.43. The van der Waals surface area contributed by atoms with Gasteiger partial charge in [0.05, 0.1) is 22.6 Å². The average molecular weight is 742 g/mol. The van der Waals surface area contributed by atoms with Crippen LogP contribution in [0.5, 0.6) is 0 Å². The smallest absolute Gasteiger partial charge is 0.164 e. The van der Waals surface area contributed by atoms with Crippen molar-refractivity contribution in [2.75, 3.05) is 4.90 Å². The SMILES string of the molecule is c1ccc(-c2nc(-c3ccccc3)nc(-c3cccc(N4c5ccccc5-c5c(n(-c6ccccc6)c6c(-c7ccccc7)cccc56)-c5ccccc54)c3)n2)cc1. The van der Waals surface area contributed by atoms with Crippen LogP contribution in [0.25, 0.3) is 84.3 Å². The first-order valence-electron chi connectivity index (χ1n) is 19.5. The van der Waals surface area contributed by atoms with Gasteiger partial charge in [-0.15, -0.1) is 0 Å². The van der Waals surface area contributed by atoms with Gasteiger partial charge in [-0.05, 0) is 42.0 Å². The summed E-state index contributed by atoms with van der Waals surface area (Å²) < 4.78 is 2.48. The Balaban J connectivity index is 1.16. The largest absolute Gasteiger partial charge is 0.309 e. The number of nitrogens with zero attached hydrogens (tertiary/aromatic N) is 5. The van der Waals surface area contributed by atoms with Crippen LogP contribution in [0, 0.1) is 0 Å². The maximum atomic E-state index is 5.09. The molecule has 0 N–H and O–H groups in total. The van der Waals surface area contributed by atoms with E-state index in [0.717, 1.165) is 56.3 Å². The maximum absolute atomic E-state index is 5.09. The topological polar surface area (TPSA) is 46.8 Å². The summed E-state index contributed by atoms with van der Waals surface area (Å²) in [6, 6.07) is 74.6. The lowest BCUT2D eigenvalue weighted by atomic mass is 9.96. The third-order valence-corrected chi connectivity index (χ3v) is 11.0. The van der Waals surface area contributed by atoms with E-state index >= 15 is 0 Å². The standard InChI is InChI=1S/C53H35N5/c1-5-19-36(20-6-1)42-31-18-32-45-48-43-29-13-15-33-46(43)57(47-34-16-14-30-44(47)50(48)58(49(42)45)40-26-11-4-12-27-40)41-28-17-25-39(35-41)53-55-51(37-21-7-2-8-22-37)54-52(56-53)38-23-9-3-10-24-38/h1-35H. The molecule has 2 aromatic heterocycles. The molecule has 0 aliphatic carbocycles. The van der Waals surface area contributed by atoms with Crippen molar-refractivity contribution in [2.24, 2.45) is 0 Å². The van der Waals surface area contributed by atoms with E-state index in [-0.39, 0.29) is 0 Å². The van der Waals surface area contributed by atoms with Crippen LogP contribution in [0.3, 0.4) is 0 Å². The Labute approximate surface area is 336 Å². The van der Waals surface area contributed by atoms with E-state index in [0.29, 0.717) is 17.5 Å². The van der Waals surface area contributed by atoms with E-state index in [2.05, 4.69) is 161 Å². The van der Waals surface area contributed by atoms with Crippen molar-refractivity contribution in [1.82, 2.24) is 19.5 Å². The van der Waals surface area contributed by atoms with E-state index in [9.17, 15) is 0 Å². The lowest BCUT2D eigenvalue weighted by Gasteiger charge is -2.28. The van der Waals surface area contributed by atoms with Crippen LogP contribution in [-0.2, 0) is 0 Å². The zero-order valence-electron chi connectivity index (χ0n) is 31.4. The van der Waals surface area contributed by atoms with Gasteiger partial charge in [0, 0.05) is 55.7 Å². The van der Waals surface area contributed by atoms with Crippen LogP contribution in [0.4, 0.5) is 17.1 Å². The van der Waals surface area contributed by atoms with E-state index in [1.807, 2.05) is 60.7 Å². The summed E-state index contributed by atoms with van der Waals surface area (Å²) in [5.74, 6) is 1.88. The number of hydrogen-bond donors (Lipinski definition) is 0. The van der Waals surface area contributed by atoms with Gasteiger partial charge in [0.25, 0.3) is 0 Å². The van der Waals surface area contributed by atoms with Gasteiger partial charge in [-0.3, -0.25) is 0 Å². The van der Waals surface area contributed by atoms with Crippen LogP contribution in [0.1, 0.15) is 0 Å². The minimum Gasteiger partial charge on any atom is -0.309 e. The lowest BCUT2D eigenvalue weighted by Crippen LogP contribution is -2.11. The summed E-state index contributed by atoms with van der Waals surface area (Å²) in [7, 11) is 0. The second-order valence-electron chi connectivity index (χ2n) is 14.4. The monoisotopic (exact) mass is 741 g/mol. The van der Waals surface area contributed by atoms with Crippen molar-refractivity contribution >= 4 is 28.0 Å². The summed E-state index contributed by atoms with van der Waals surface area (Å²) in [6.07, 6.45) is 0. The fraction of sp³-hybridized carbons (Fsp3) is 0. The van der Waals surface area contributed by atoms with E-state index < -0.39 is 0 Å². The summed E-state index contributed by atoms with van der Waals surface area (Å²) in [6.45, 7) is 0. The highest BCUT2D eigenvalue weighted by Crippen LogP contribution is 2.55. The van der Waals surface area contributed by atoms with Crippen molar-refractivity contribution < 1.29 is 0 Å². The van der Waals surface area contributed by atoms with Gasteiger partial charge in [-0.1, -0.05) is 176 Å². The van der Waals surface area contributed by atoms with Crippen molar-refractivity contribution in [3.8, 4) is 73.4 Å². The van der Waals surface area contributed by atoms with Crippen molar-refractivity contribution in [3.63, 3.8) is 0 Å². The molecule has 10 aromatic rings. The Morgan fingerprint density at radius 2 is 0.776 bits per heavy atom. The van der Waals surface area contributed by atoms with Gasteiger partial charge in [-0.2, -0.15) is 0 Å². The van der Waals surface area contributed by atoms with Gasteiger partial charge in [0.2, 0.25) is 0 Å². The summed E-state index contributed by atoms with van der Waals surface area (Å²) in [4.78, 5) is 17.5. The quantitative estimate of drug-likeness (QED) is 0.170. The van der Waals surface area contributed by atoms with Crippen LogP contribution in [0.2, 0.25) is 0 Å². The Kier molecular flexibility index (Phi) is 8.07. The van der Waals surface area contributed by atoms with Crippen LogP contribution in [-0.4, -0.2) is 19.5 Å². The second kappa shape index (κ2) is 14.0. The molecule has 58 heavy (non-hydrogen) atoms. The predicted molar refractivity (Wildman–Crippen MR) is 238 cm³/mol. The van der Waals surface area contributed by atoms with Crippen LogP contribution < -0.4 is 4.90 Å². The molecule has 0 bridgehead atoms. The first-order chi connectivity index (χ1) is 28.8. The molecule has 0 saturated carbocycles. The molecule has 0 amide bonds. The lowest BCUT2D eigenvalue weighted by molar-refractivity contribution is 1.07. The molecule has 0 radical (unpaired) electrons. The van der Waals surface area contributed by atoms with Gasteiger partial charge >= 0.3 is 0 Å².